The van der Waals surface area contributed by atoms with E-state index in [2.05, 4.69) is 0 Å². The van der Waals surface area contributed by atoms with Crippen molar-refractivity contribution in [3.8, 4) is 0 Å². The van der Waals surface area contributed by atoms with Gasteiger partial charge in [-0.3, -0.25) is 4.79 Å². The van der Waals surface area contributed by atoms with Crippen molar-refractivity contribution in [3.63, 3.8) is 0 Å². The Morgan fingerprint density at radius 3 is 2.62 bits per heavy atom. The van der Waals surface area contributed by atoms with E-state index >= 15 is 0 Å². The fourth-order valence-electron chi connectivity index (χ4n) is 2.04. The molecule has 0 aliphatic carbocycles. The van der Waals surface area contributed by atoms with Gasteiger partial charge in [-0.15, -0.1) is 11.3 Å². The van der Waals surface area contributed by atoms with Gasteiger partial charge in [0.2, 0.25) is 0 Å². The lowest BCUT2D eigenvalue weighted by atomic mass is 9.91. The fraction of sp³-hybridized carbons (Fsp3) is 0.583. The predicted octanol–water partition coefficient (Wildman–Crippen LogP) is 1.96. The van der Waals surface area contributed by atoms with E-state index in [9.17, 15) is 9.90 Å². The third-order valence-electron chi connectivity index (χ3n) is 3.19. The van der Waals surface area contributed by atoms with Crippen LogP contribution in [0, 0.1) is 13.8 Å². The largest absolute Gasteiger partial charge is 0.386 e. The molecular formula is C12H17NO2S. The third-order valence-corrected chi connectivity index (χ3v) is 4.15. The minimum absolute atomic E-state index is 0.0555. The minimum atomic E-state index is -0.644. The van der Waals surface area contributed by atoms with Gasteiger partial charge in [0.15, 0.2) is 0 Å². The summed E-state index contributed by atoms with van der Waals surface area (Å²) in [7, 11) is 0. The molecule has 0 unspecified atom stereocenters. The maximum absolute atomic E-state index is 12.1. The minimum Gasteiger partial charge on any atom is -0.386 e. The molecule has 0 aromatic carbocycles. The molecule has 2 heterocycles. The van der Waals surface area contributed by atoms with Crippen molar-refractivity contribution in [2.24, 2.45) is 0 Å². The number of β-amino-alcohol motifs (C(OH)–C–C–N with tert-alkyl or cyclic N) is 1. The molecule has 4 heteroatoms. The van der Waals surface area contributed by atoms with E-state index in [1.54, 1.807) is 16.2 Å². The number of thiophene rings is 1. The number of likely N-dealkylation sites (tertiary alicyclic amines) is 1. The van der Waals surface area contributed by atoms with Gasteiger partial charge in [0, 0.05) is 9.75 Å². The van der Waals surface area contributed by atoms with Gasteiger partial charge in [-0.05, 0) is 26.3 Å². The lowest BCUT2D eigenvalue weighted by molar-refractivity contribution is -0.0826. The van der Waals surface area contributed by atoms with Gasteiger partial charge in [-0.25, -0.2) is 0 Å². The lowest BCUT2D eigenvalue weighted by Crippen LogP contribution is -2.63. The van der Waals surface area contributed by atoms with E-state index in [-0.39, 0.29) is 5.91 Å². The summed E-state index contributed by atoms with van der Waals surface area (Å²) in [4.78, 5) is 16.0. The summed E-state index contributed by atoms with van der Waals surface area (Å²) in [6.45, 7) is 6.86. The van der Waals surface area contributed by atoms with E-state index in [0.717, 1.165) is 15.3 Å². The van der Waals surface area contributed by atoms with Crippen LogP contribution in [0.25, 0.3) is 0 Å². The van der Waals surface area contributed by atoms with Crippen molar-refractivity contribution < 1.29 is 9.90 Å². The van der Waals surface area contributed by atoms with E-state index in [1.807, 2.05) is 26.8 Å². The first-order valence-electron chi connectivity index (χ1n) is 5.54. The molecule has 0 bridgehead atoms. The molecule has 1 amide bonds. The molecule has 1 N–H and O–H groups in total. The van der Waals surface area contributed by atoms with Crippen molar-refractivity contribution in [3.05, 3.63) is 21.4 Å². The summed E-state index contributed by atoms with van der Waals surface area (Å²) in [5.41, 5.74) is 0.148. The maximum Gasteiger partial charge on any atom is 0.255 e. The Kier molecular flexibility index (Phi) is 2.80. The van der Waals surface area contributed by atoms with Crippen LogP contribution in [0.4, 0.5) is 0 Å². The number of hydrogen-bond donors (Lipinski definition) is 1. The van der Waals surface area contributed by atoms with Crippen LogP contribution in [0.5, 0.6) is 0 Å². The number of nitrogens with zero attached hydrogens (tertiary/aromatic N) is 1. The molecule has 1 fully saturated rings. The summed E-state index contributed by atoms with van der Waals surface area (Å²) >= 11 is 1.65. The zero-order valence-electron chi connectivity index (χ0n) is 9.91. The van der Waals surface area contributed by atoms with Crippen molar-refractivity contribution in [2.45, 2.75) is 32.8 Å². The number of amides is 1. The molecule has 1 aromatic heterocycles. The number of carbonyl (C=O) groups is 1. The zero-order chi connectivity index (χ0) is 11.9. The lowest BCUT2D eigenvalue weighted by Gasteiger charge is -2.46. The van der Waals surface area contributed by atoms with E-state index in [4.69, 9.17) is 0 Å². The zero-order valence-corrected chi connectivity index (χ0v) is 10.7. The number of aliphatic hydroxyl groups is 1. The van der Waals surface area contributed by atoms with Crippen molar-refractivity contribution in [1.29, 1.82) is 0 Å². The highest BCUT2D eigenvalue weighted by molar-refractivity contribution is 7.12. The van der Waals surface area contributed by atoms with Gasteiger partial charge < -0.3 is 10.0 Å². The van der Waals surface area contributed by atoms with E-state index in [0.29, 0.717) is 19.5 Å². The normalized spacial score (nSPS) is 18.4. The van der Waals surface area contributed by atoms with E-state index < -0.39 is 5.60 Å². The molecule has 1 aliphatic heterocycles. The maximum atomic E-state index is 12.1. The highest BCUT2D eigenvalue weighted by Crippen LogP contribution is 2.28. The molecule has 16 heavy (non-hydrogen) atoms. The number of aryl methyl sites for hydroxylation is 2. The van der Waals surface area contributed by atoms with Crippen LogP contribution in [0.2, 0.25) is 0 Å². The third kappa shape index (κ3) is 1.87. The van der Waals surface area contributed by atoms with Gasteiger partial charge in [0.1, 0.15) is 0 Å². The average Bonchev–Trinajstić information content (AvgIpc) is 2.52. The molecule has 1 aromatic rings. The summed E-state index contributed by atoms with van der Waals surface area (Å²) in [6, 6.07) is 1.94. The van der Waals surface area contributed by atoms with Gasteiger partial charge in [-0.1, -0.05) is 6.92 Å². The van der Waals surface area contributed by atoms with Crippen molar-refractivity contribution in [2.75, 3.05) is 13.1 Å². The average molecular weight is 239 g/mol. The SMILES string of the molecule is CCC1(O)CN(C(=O)c2cc(C)sc2C)C1. The molecule has 2 rings (SSSR count). The molecule has 0 atom stereocenters. The molecular weight excluding hydrogens is 222 g/mol. The van der Waals surface area contributed by atoms with Gasteiger partial charge in [0.25, 0.3) is 5.91 Å². The summed E-state index contributed by atoms with van der Waals surface area (Å²) in [5, 5.41) is 9.87. The quantitative estimate of drug-likeness (QED) is 0.857. The molecule has 1 aliphatic rings. The molecule has 0 spiro atoms. The molecule has 0 saturated carbocycles. The Bertz CT molecular complexity index is 419. The van der Waals surface area contributed by atoms with Crippen molar-refractivity contribution in [1.82, 2.24) is 4.90 Å². The Labute approximate surface area is 99.7 Å². The summed E-state index contributed by atoms with van der Waals surface area (Å²) in [5.74, 6) is 0.0555. The number of carbonyl (C=O) groups excluding carboxylic acids is 1. The van der Waals surface area contributed by atoms with E-state index in [1.165, 1.54) is 0 Å². The van der Waals surface area contributed by atoms with Crippen LogP contribution in [0.3, 0.4) is 0 Å². The standard InChI is InChI=1S/C12H17NO2S/c1-4-12(15)6-13(7-12)11(14)10-5-8(2)16-9(10)3/h5,15H,4,6-7H2,1-3H3. The fourth-order valence-corrected chi connectivity index (χ4v) is 2.96. The van der Waals surface area contributed by atoms with Crippen LogP contribution >= 0.6 is 11.3 Å². The second-order valence-electron chi connectivity index (χ2n) is 4.57. The predicted molar refractivity (Wildman–Crippen MR) is 64.9 cm³/mol. The monoisotopic (exact) mass is 239 g/mol. The first-order valence-corrected chi connectivity index (χ1v) is 6.35. The number of rotatable bonds is 2. The summed E-state index contributed by atoms with van der Waals surface area (Å²) < 4.78 is 0. The van der Waals surface area contributed by atoms with Crippen molar-refractivity contribution >= 4 is 17.2 Å². The highest BCUT2D eigenvalue weighted by Gasteiger charge is 2.42. The Balaban J connectivity index is 2.08. The van der Waals surface area contributed by atoms with Gasteiger partial charge >= 0.3 is 0 Å². The van der Waals surface area contributed by atoms with Gasteiger partial charge in [0.05, 0.1) is 24.3 Å². The topological polar surface area (TPSA) is 40.5 Å². The molecule has 0 radical (unpaired) electrons. The molecule has 3 nitrogen and oxygen atoms in total. The van der Waals surface area contributed by atoms with Crippen LogP contribution in [0.15, 0.2) is 6.07 Å². The summed E-state index contributed by atoms with van der Waals surface area (Å²) in [6.07, 6.45) is 0.707. The Morgan fingerprint density at radius 2 is 2.19 bits per heavy atom. The molecule has 1 saturated heterocycles. The number of hydrogen-bond acceptors (Lipinski definition) is 3. The second kappa shape index (κ2) is 3.86. The molecule has 88 valence electrons. The van der Waals surface area contributed by atoms with Crippen LogP contribution in [0.1, 0.15) is 33.5 Å². The van der Waals surface area contributed by atoms with Crippen LogP contribution < -0.4 is 0 Å². The first-order chi connectivity index (χ1) is 7.45. The van der Waals surface area contributed by atoms with Gasteiger partial charge in [-0.2, -0.15) is 0 Å². The first kappa shape index (κ1) is 11.6. The van der Waals surface area contributed by atoms with Crippen LogP contribution in [-0.4, -0.2) is 34.6 Å². The Hall–Kier alpha value is -0.870. The highest BCUT2D eigenvalue weighted by atomic mass is 32.1. The Morgan fingerprint density at radius 1 is 1.56 bits per heavy atom. The van der Waals surface area contributed by atoms with Crippen LogP contribution in [-0.2, 0) is 0 Å². The smallest absolute Gasteiger partial charge is 0.255 e. The second-order valence-corrected chi connectivity index (χ2v) is 6.03.